The highest BCUT2D eigenvalue weighted by molar-refractivity contribution is 9.10. The van der Waals surface area contributed by atoms with Gasteiger partial charge in [-0.2, -0.15) is 0 Å². The number of amides is 1. The number of hydrogen-bond acceptors (Lipinski definition) is 3. The quantitative estimate of drug-likeness (QED) is 0.789. The molecule has 0 radical (unpaired) electrons. The minimum Gasteiger partial charge on any atom is -0.374 e. The van der Waals surface area contributed by atoms with Crippen LogP contribution in [0.2, 0.25) is 0 Å². The Morgan fingerprint density at radius 3 is 2.32 bits per heavy atom. The summed E-state index contributed by atoms with van der Waals surface area (Å²) < 4.78 is 0.977. The molecule has 1 amide bonds. The van der Waals surface area contributed by atoms with Gasteiger partial charge in [0.25, 0.3) is 0 Å². The van der Waals surface area contributed by atoms with Crippen molar-refractivity contribution in [3.8, 4) is 0 Å². The van der Waals surface area contributed by atoms with Crippen molar-refractivity contribution >= 4 is 39.0 Å². The minimum absolute atomic E-state index is 0.0792. The number of para-hydroxylation sites is 1. The number of nitrogens with one attached hydrogen (secondary N) is 2. The van der Waals surface area contributed by atoms with E-state index in [-0.39, 0.29) is 11.7 Å². The van der Waals surface area contributed by atoms with Gasteiger partial charge < -0.3 is 10.6 Å². The third kappa shape index (κ3) is 4.18. The first-order valence-corrected chi connectivity index (χ1v) is 7.69. The molecular weight excluding hydrogens is 344 g/mol. The molecular formula is C17H17BrN2O2. The fraction of sp³-hybridized carbons (Fsp3) is 0.176. The summed E-state index contributed by atoms with van der Waals surface area (Å²) >= 11 is 3.37. The molecule has 2 N–H and O–H groups in total. The molecule has 0 heterocycles. The summed E-state index contributed by atoms with van der Waals surface area (Å²) in [6, 6.07) is 14.1. The van der Waals surface area contributed by atoms with Crippen molar-refractivity contribution in [2.75, 3.05) is 10.6 Å². The summed E-state index contributed by atoms with van der Waals surface area (Å²) in [5, 5.41) is 5.91. The van der Waals surface area contributed by atoms with Crippen molar-refractivity contribution in [2.24, 2.45) is 0 Å². The Balaban J connectivity index is 2.05. The predicted octanol–water partition coefficient (Wildman–Crippen LogP) is 4.09. The molecule has 2 rings (SSSR count). The lowest BCUT2D eigenvalue weighted by atomic mass is 10.1. The zero-order chi connectivity index (χ0) is 16.1. The monoisotopic (exact) mass is 360 g/mol. The van der Waals surface area contributed by atoms with E-state index >= 15 is 0 Å². The van der Waals surface area contributed by atoms with Crippen molar-refractivity contribution in [2.45, 2.75) is 19.9 Å². The van der Waals surface area contributed by atoms with E-state index in [4.69, 9.17) is 0 Å². The lowest BCUT2D eigenvalue weighted by Gasteiger charge is -2.16. The number of ketones is 1. The number of rotatable bonds is 5. The van der Waals surface area contributed by atoms with Crippen molar-refractivity contribution in [3.63, 3.8) is 0 Å². The molecule has 114 valence electrons. The summed E-state index contributed by atoms with van der Waals surface area (Å²) in [5.74, 6) is -0.277. The average molecular weight is 361 g/mol. The Hall–Kier alpha value is -2.14. The maximum atomic E-state index is 12.3. The lowest BCUT2D eigenvalue weighted by Crippen LogP contribution is -2.32. The van der Waals surface area contributed by atoms with Gasteiger partial charge >= 0.3 is 0 Å². The molecule has 1 atom stereocenters. The third-order valence-electron chi connectivity index (χ3n) is 3.18. The molecule has 0 bridgehead atoms. The lowest BCUT2D eigenvalue weighted by molar-refractivity contribution is -0.116. The van der Waals surface area contributed by atoms with Gasteiger partial charge in [0, 0.05) is 15.7 Å². The van der Waals surface area contributed by atoms with E-state index in [1.165, 1.54) is 6.92 Å². The average Bonchev–Trinajstić information content (AvgIpc) is 2.49. The number of hydrogen-bond donors (Lipinski definition) is 2. The maximum absolute atomic E-state index is 12.3. The zero-order valence-electron chi connectivity index (χ0n) is 12.4. The second-order valence-electron chi connectivity index (χ2n) is 4.96. The number of Topliss-reactive ketones (excluding diaryl/α,β-unsaturated/α-hetero) is 1. The smallest absolute Gasteiger partial charge is 0.246 e. The van der Waals surface area contributed by atoms with Gasteiger partial charge in [-0.15, -0.1) is 0 Å². The number of benzene rings is 2. The van der Waals surface area contributed by atoms with Crippen LogP contribution in [0.25, 0.3) is 0 Å². The molecule has 0 aliphatic carbocycles. The predicted molar refractivity (Wildman–Crippen MR) is 92.3 cm³/mol. The van der Waals surface area contributed by atoms with Crippen LogP contribution in [0.1, 0.15) is 24.2 Å². The first kappa shape index (κ1) is 16.2. The first-order valence-electron chi connectivity index (χ1n) is 6.90. The van der Waals surface area contributed by atoms with Crippen molar-refractivity contribution in [1.29, 1.82) is 0 Å². The number of anilines is 2. The molecule has 0 aliphatic heterocycles. The van der Waals surface area contributed by atoms with Gasteiger partial charge in [0.15, 0.2) is 5.78 Å². The van der Waals surface area contributed by atoms with Crippen LogP contribution >= 0.6 is 15.9 Å². The fourth-order valence-electron chi connectivity index (χ4n) is 2.00. The van der Waals surface area contributed by atoms with Crippen molar-refractivity contribution in [3.05, 3.63) is 58.6 Å². The van der Waals surface area contributed by atoms with E-state index in [2.05, 4.69) is 26.6 Å². The Labute approximate surface area is 138 Å². The van der Waals surface area contributed by atoms with Crippen molar-refractivity contribution in [1.82, 2.24) is 0 Å². The van der Waals surface area contributed by atoms with E-state index in [1.54, 1.807) is 31.2 Å². The zero-order valence-corrected chi connectivity index (χ0v) is 14.0. The minimum atomic E-state index is -0.429. The molecule has 2 aromatic rings. The van der Waals surface area contributed by atoms with Crippen LogP contribution in [0.5, 0.6) is 0 Å². The third-order valence-corrected chi connectivity index (χ3v) is 3.71. The molecule has 0 aliphatic rings. The van der Waals surface area contributed by atoms with Gasteiger partial charge in [0.1, 0.15) is 6.04 Å². The first-order chi connectivity index (χ1) is 10.5. The molecule has 2 aromatic carbocycles. The van der Waals surface area contributed by atoms with Crippen molar-refractivity contribution < 1.29 is 9.59 Å². The second-order valence-corrected chi connectivity index (χ2v) is 5.88. The fourth-order valence-corrected chi connectivity index (χ4v) is 2.27. The van der Waals surface area contributed by atoms with Crippen LogP contribution in [-0.2, 0) is 4.79 Å². The van der Waals surface area contributed by atoms with E-state index in [1.807, 2.05) is 24.3 Å². The van der Waals surface area contributed by atoms with E-state index < -0.39 is 6.04 Å². The largest absolute Gasteiger partial charge is 0.374 e. The Kier molecular flexibility index (Phi) is 5.33. The topological polar surface area (TPSA) is 58.2 Å². The number of carbonyl (C=O) groups excluding carboxylic acids is 2. The molecule has 0 aromatic heterocycles. The Morgan fingerprint density at radius 2 is 1.68 bits per heavy atom. The Bertz CT molecular complexity index is 683. The van der Waals surface area contributed by atoms with Gasteiger partial charge in [-0.05, 0) is 50.2 Å². The second kappa shape index (κ2) is 7.22. The van der Waals surface area contributed by atoms with Gasteiger partial charge in [0.05, 0.1) is 5.69 Å². The maximum Gasteiger partial charge on any atom is 0.246 e. The highest BCUT2D eigenvalue weighted by atomic mass is 79.9. The van der Waals surface area contributed by atoms with Gasteiger partial charge in [-0.1, -0.05) is 28.1 Å². The Morgan fingerprint density at radius 1 is 1.05 bits per heavy atom. The van der Waals surface area contributed by atoms with E-state index in [9.17, 15) is 9.59 Å². The van der Waals surface area contributed by atoms with Crippen LogP contribution in [0, 0.1) is 0 Å². The molecule has 0 saturated carbocycles. The van der Waals surface area contributed by atoms with Gasteiger partial charge in [-0.3, -0.25) is 9.59 Å². The summed E-state index contributed by atoms with van der Waals surface area (Å²) in [4.78, 5) is 23.8. The van der Waals surface area contributed by atoms with Crippen LogP contribution in [0.4, 0.5) is 11.4 Å². The highest BCUT2D eigenvalue weighted by Gasteiger charge is 2.15. The van der Waals surface area contributed by atoms with Crippen LogP contribution in [-0.4, -0.2) is 17.7 Å². The molecule has 22 heavy (non-hydrogen) atoms. The SMILES string of the molecule is CC(=O)c1ccccc1NC(=O)[C@H](C)Nc1ccc(Br)cc1. The van der Waals surface area contributed by atoms with Crippen LogP contribution < -0.4 is 10.6 Å². The van der Waals surface area contributed by atoms with E-state index in [0.29, 0.717) is 11.3 Å². The van der Waals surface area contributed by atoms with Gasteiger partial charge in [0.2, 0.25) is 5.91 Å². The molecule has 0 spiro atoms. The molecule has 5 heteroatoms. The van der Waals surface area contributed by atoms with Crippen LogP contribution in [0.15, 0.2) is 53.0 Å². The molecule has 4 nitrogen and oxygen atoms in total. The normalized spacial score (nSPS) is 11.6. The highest BCUT2D eigenvalue weighted by Crippen LogP contribution is 2.17. The standard InChI is InChI=1S/C17H17BrN2O2/c1-11(19-14-9-7-13(18)8-10-14)17(22)20-16-6-4-3-5-15(16)12(2)21/h3-11,19H,1-2H3,(H,20,22)/t11-/m0/s1. The molecule has 0 saturated heterocycles. The van der Waals surface area contributed by atoms with Gasteiger partial charge in [-0.25, -0.2) is 0 Å². The molecule has 0 fully saturated rings. The summed E-state index contributed by atoms with van der Waals surface area (Å²) in [5.41, 5.74) is 1.89. The number of halogens is 1. The van der Waals surface area contributed by atoms with E-state index in [0.717, 1.165) is 10.2 Å². The number of carbonyl (C=O) groups is 2. The molecule has 0 unspecified atom stereocenters. The summed E-state index contributed by atoms with van der Waals surface area (Å²) in [7, 11) is 0. The summed E-state index contributed by atoms with van der Waals surface area (Å²) in [6.07, 6.45) is 0. The van der Waals surface area contributed by atoms with Crippen LogP contribution in [0.3, 0.4) is 0 Å². The summed E-state index contributed by atoms with van der Waals surface area (Å²) in [6.45, 7) is 3.25.